The fourth-order valence-electron chi connectivity index (χ4n) is 3.63. The van der Waals surface area contributed by atoms with Gasteiger partial charge in [0.1, 0.15) is 24.3 Å². The Hall–Kier alpha value is -2.57. The number of nitrogens with one attached hydrogen (secondary N) is 1. The molecule has 7 heteroatoms. The standard InChI is InChI=1S/C24H36N2O5/c1-17(26(5)23(29)30-16-18-12-8-6-9-13-18)21(27)25-20(19-14-10-7-11-15-19)22(28)31-24(2,3)4/h6,8-9,12-13,17,19-20H,7,10-11,14-16H2,1-5H3,(H,25,27). The van der Waals surface area contributed by atoms with Crippen LogP contribution in [0.3, 0.4) is 0 Å². The van der Waals surface area contributed by atoms with E-state index in [0.29, 0.717) is 0 Å². The van der Waals surface area contributed by atoms with Gasteiger partial charge in [0.25, 0.3) is 0 Å². The molecule has 0 bridgehead atoms. The predicted molar refractivity (Wildman–Crippen MR) is 118 cm³/mol. The van der Waals surface area contributed by atoms with E-state index in [-0.39, 0.29) is 12.5 Å². The SMILES string of the molecule is CC(C(=O)NC(C(=O)OC(C)(C)C)C1CCCCC1)N(C)C(=O)OCc1ccccc1. The summed E-state index contributed by atoms with van der Waals surface area (Å²) in [6.45, 7) is 7.17. The molecule has 0 saturated heterocycles. The Morgan fingerprint density at radius 3 is 2.29 bits per heavy atom. The molecule has 1 N–H and O–H groups in total. The summed E-state index contributed by atoms with van der Waals surface area (Å²) in [6.07, 6.45) is 4.33. The minimum atomic E-state index is -0.795. The van der Waals surface area contributed by atoms with E-state index >= 15 is 0 Å². The van der Waals surface area contributed by atoms with Crippen molar-refractivity contribution in [3.63, 3.8) is 0 Å². The van der Waals surface area contributed by atoms with E-state index in [4.69, 9.17) is 9.47 Å². The molecule has 1 aliphatic carbocycles. The first-order chi connectivity index (χ1) is 14.6. The molecular formula is C24H36N2O5. The van der Waals surface area contributed by atoms with E-state index in [9.17, 15) is 14.4 Å². The highest BCUT2D eigenvalue weighted by Gasteiger charge is 2.36. The fourth-order valence-corrected chi connectivity index (χ4v) is 3.63. The number of hydrogen-bond acceptors (Lipinski definition) is 5. The number of nitrogens with zero attached hydrogens (tertiary/aromatic N) is 1. The minimum absolute atomic E-state index is 0.0371. The van der Waals surface area contributed by atoms with Crippen LogP contribution in [0, 0.1) is 5.92 Å². The van der Waals surface area contributed by atoms with Gasteiger partial charge in [-0.15, -0.1) is 0 Å². The van der Waals surface area contributed by atoms with Gasteiger partial charge in [0.05, 0.1) is 0 Å². The van der Waals surface area contributed by atoms with Crippen molar-refractivity contribution in [3.8, 4) is 0 Å². The van der Waals surface area contributed by atoms with Gasteiger partial charge in [-0.1, -0.05) is 49.6 Å². The average molecular weight is 433 g/mol. The van der Waals surface area contributed by atoms with E-state index in [0.717, 1.165) is 37.7 Å². The first-order valence-electron chi connectivity index (χ1n) is 11.0. The molecule has 1 saturated carbocycles. The summed E-state index contributed by atoms with van der Waals surface area (Å²) < 4.78 is 10.9. The molecule has 2 rings (SSSR count). The fraction of sp³-hybridized carbons (Fsp3) is 0.625. The Kier molecular flexibility index (Phi) is 8.89. The first-order valence-corrected chi connectivity index (χ1v) is 11.0. The van der Waals surface area contributed by atoms with Crippen LogP contribution in [0.15, 0.2) is 30.3 Å². The number of benzene rings is 1. The Balaban J connectivity index is 1.99. The van der Waals surface area contributed by atoms with Crippen molar-refractivity contribution in [2.24, 2.45) is 5.92 Å². The summed E-state index contributed by atoms with van der Waals surface area (Å²) in [5.74, 6) is -0.787. The third-order valence-electron chi connectivity index (χ3n) is 5.53. The number of rotatable bonds is 7. The molecule has 0 heterocycles. The van der Waals surface area contributed by atoms with Crippen molar-refractivity contribution < 1.29 is 23.9 Å². The van der Waals surface area contributed by atoms with Crippen molar-refractivity contribution in [2.75, 3.05) is 7.05 Å². The second-order valence-electron chi connectivity index (χ2n) is 9.24. The summed E-state index contributed by atoms with van der Waals surface area (Å²) in [5.41, 5.74) is 0.224. The lowest BCUT2D eigenvalue weighted by Crippen LogP contribution is -2.54. The molecule has 1 aromatic carbocycles. The van der Waals surface area contributed by atoms with Crippen LogP contribution in [0.25, 0.3) is 0 Å². The highest BCUT2D eigenvalue weighted by Crippen LogP contribution is 2.28. The molecule has 1 aliphatic rings. The average Bonchev–Trinajstić information content (AvgIpc) is 2.74. The van der Waals surface area contributed by atoms with Gasteiger partial charge >= 0.3 is 12.1 Å². The van der Waals surface area contributed by atoms with Crippen molar-refractivity contribution in [1.29, 1.82) is 0 Å². The number of ether oxygens (including phenoxy) is 2. The smallest absolute Gasteiger partial charge is 0.410 e. The van der Waals surface area contributed by atoms with Crippen molar-refractivity contribution >= 4 is 18.0 Å². The first kappa shape index (κ1) is 24.7. The lowest BCUT2D eigenvalue weighted by atomic mass is 9.83. The van der Waals surface area contributed by atoms with Crippen LogP contribution in [0.5, 0.6) is 0 Å². The van der Waals surface area contributed by atoms with Gasteiger partial charge in [-0.25, -0.2) is 9.59 Å². The van der Waals surface area contributed by atoms with Crippen LogP contribution in [-0.2, 0) is 25.7 Å². The summed E-state index contributed by atoms with van der Waals surface area (Å²) in [6, 6.07) is 7.82. The second-order valence-corrected chi connectivity index (χ2v) is 9.24. The number of esters is 1. The molecule has 0 radical (unpaired) electrons. The molecule has 0 aliphatic heterocycles. The lowest BCUT2D eigenvalue weighted by molar-refractivity contribution is -0.161. The molecular weight excluding hydrogens is 396 g/mol. The quantitative estimate of drug-likeness (QED) is 0.657. The van der Waals surface area contributed by atoms with E-state index in [1.807, 2.05) is 51.1 Å². The zero-order valence-electron chi connectivity index (χ0n) is 19.3. The molecule has 172 valence electrons. The maximum absolute atomic E-state index is 12.9. The van der Waals surface area contributed by atoms with Crippen LogP contribution in [0.2, 0.25) is 0 Å². The Morgan fingerprint density at radius 2 is 1.71 bits per heavy atom. The van der Waals surface area contributed by atoms with Crippen LogP contribution in [-0.4, -0.2) is 47.6 Å². The topological polar surface area (TPSA) is 84.9 Å². The van der Waals surface area contributed by atoms with Crippen LogP contribution >= 0.6 is 0 Å². The van der Waals surface area contributed by atoms with Crippen molar-refractivity contribution in [2.45, 2.75) is 84.1 Å². The largest absolute Gasteiger partial charge is 0.458 e. The van der Waals surface area contributed by atoms with Gasteiger partial charge in [0.15, 0.2) is 0 Å². The Morgan fingerprint density at radius 1 is 1.10 bits per heavy atom. The minimum Gasteiger partial charge on any atom is -0.458 e. The van der Waals surface area contributed by atoms with E-state index in [1.165, 1.54) is 11.9 Å². The summed E-state index contributed by atoms with van der Waals surface area (Å²) in [5, 5.41) is 2.86. The molecule has 2 amide bonds. The molecule has 2 atom stereocenters. The van der Waals surface area contributed by atoms with E-state index in [2.05, 4.69) is 5.32 Å². The van der Waals surface area contributed by atoms with Gasteiger partial charge in [-0.05, 0) is 52.0 Å². The van der Waals surface area contributed by atoms with Gasteiger partial charge in [0.2, 0.25) is 5.91 Å². The molecule has 1 fully saturated rings. The highest BCUT2D eigenvalue weighted by atomic mass is 16.6. The molecule has 2 unspecified atom stereocenters. The monoisotopic (exact) mass is 432 g/mol. The zero-order chi connectivity index (χ0) is 23.0. The predicted octanol–water partition coefficient (Wildman–Crippen LogP) is 4.05. The third kappa shape index (κ3) is 7.89. The highest BCUT2D eigenvalue weighted by molar-refractivity contribution is 5.89. The summed E-state index contributed by atoms with van der Waals surface area (Å²) in [7, 11) is 1.51. The number of carbonyl (C=O) groups excluding carboxylic acids is 3. The Bertz CT molecular complexity index is 738. The number of hydrogen-bond donors (Lipinski definition) is 1. The lowest BCUT2D eigenvalue weighted by Gasteiger charge is -2.33. The van der Waals surface area contributed by atoms with Crippen molar-refractivity contribution in [1.82, 2.24) is 10.2 Å². The van der Waals surface area contributed by atoms with E-state index < -0.39 is 35.7 Å². The zero-order valence-corrected chi connectivity index (χ0v) is 19.3. The molecule has 1 aromatic rings. The third-order valence-corrected chi connectivity index (χ3v) is 5.53. The molecule has 7 nitrogen and oxygen atoms in total. The summed E-state index contributed by atoms with van der Waals surface area (Å²) in [4.78, 5) is 39.4. The molecule has 31 heavy (non-hydrogen) atoms. The summed E-state index contributed by atoms with van der Waals surface area (Å²) >= 11 is 0. The van der Waals surface area contributed by atoms with Crippen LogP contribution < -0.4 is 5.32 Å². The molecule has 0 spiro atoms. The van der Waals surface area contributed by atoms with Gasteiger partial charge < -0.3 is 14.8 Å². The van der Waals surface area contributed by atoms with Gasteiger partial charge in [0, 0.05) is 7.05 Å². The second kappa shape index (κ2) is 11.2. The molecule has 0 aromatic heterocycles. The number of likely N-dealkylation sites (N-methyl/N-ethyl adjacent to an activating group) is 1. The van der Waals surface area contributed by atoms with Gasteiger partial charge in [-0.2, -0.15) is 0 Å². The van der Waals surface area contributed by atoms with Crippen LogP contribution in [0.4, 0.5) is 4.79 Å². The Labute approximate surface area is 185 Å². The van der Waals surface area contributed by atoms with Crippen molar-refractivity contribution in [3.05, 3.63) is 35.9 Å². The normalized spacial score (nSPS) is 16.7. The number of carbonyl (C=O) groups is 3. The van der Waals surface area contributed by atoms with E-state index in [1.54, 1.807) is 6.92 Å². The van der Waals surface area contributed by atoms with Gasteiger partial charge in [-0.3, -0.25) is 9.69 Å². The van der Waals surface area contributed by atoms with Crippen LogP contribution in [0.1, 0.15) is 65.4 Å². The maximum atomic E-state index is 12.9. The number of amides is 2. The maximum Gasteiger partial charge on any atom is 0.410 e.